The van der Waals surface area contributed by atoms with Crippen LogP contribution < -0.4 is 4.90 Å². The Balaban J connectivity index is 1.29. The quantitative estimate of drug-likeness (QED) is 0.322. The smallest absolute Gasteiger partial charge is 0.338 e. The lowest BCUT2D eigenvalue weighted by Gasteiger charge is -2.28. The highest BCUT2D eigenvalue weighted by Crippen LogP contribution is 2.27. The van der Waals surface area contributed by atoms with Gasteiger partial charge in [0.05, 0.1) is 16.1 Å². The summed E-state index contributed by atoms with van der Waals surface area (Å²) in [5, 5.41) is 1.93. The van der Waals surface area contributed by atoms with Crippen LogP contribution in [0.15, 0.2) is 95.9 Å². The Labute approximate surface area is 222 Å². The van der Waals surface area contributed by atoms with Gasteiger partial charge in [0.25, 0.3) is 5.91 Å². The molecule has 0 fully saturated rings. The number of amides is 1. The predicted octanol–water partition coefficient (Wildman–Crippen LogP) is 4.80. The van der Waals surface area contributed by atoms with Crippen molar-refractivity contribution >= 4 is 38.4 Å². The summed E-state index contributed by atoms with van der Waals surface area (Å²) in [7, 11) is -3.82. The van der Waals surface area contributed by atoms with Crippen molar-refractivity contribution in [3.63, 3.8) is 0 Å². The largest absolute Gasteiger partial charge is 0.452 e. The first-order chi connectivity index (χ1) is 18.4. The van der Waals surface area contributed by atoms with Crippen LogP contribution in [0.4, 0.5) is 5.69 Å². The Morgan fingerprint density at radius 2 is 1.61 bits per heavy atom. The zero-order chi connectivity index (χ0) is 26.7. The zero-order valence-corrected chi connectivity index (χ0v) is 21.9. The van der Waals surface area contributed by atoms with Crippen molar-refractivity contribution in [2.45, 2.75) is 24.8 Å². The van der Waals surface area contributed by atoms with Crippen molar-refractivity contribution in [3.05, 3.63) is 108 Å². The number of benzene rings is 4. The first kappa shape index (κ1) is 25.6. The molecule has 38 heavy (non-hydrogen) atoms. The molecule has 0 atom stereocenters. The fraction of sp³-hybridized carbons (Fsp3) is 0.200. The van der Waals surface area contributed by atoms with E-state index in [1.165, 1.54) is 28.6 Å². The number of carbonyl (C=O) groups is 2. The van der Waals surface area contributed by atoms with Gasteiger partial charge in [-0.2, -0.15) is 4.31 Å². The maximum atomic E-state index is 13.3. The minimum atomic E-state index is -3.82. The Morgan fingerprint density at radius 3 is 2.42 bits per heavy atom. The number of likely N-dealkylation sites (N-methyl/N-ethyl adjacent to an activating group) is 1. The molecule has 0 aliphatic carbocycles. The van der Waals surface area contributed by atoms with Crippen LogP contribution >= 0.6 is 0 Å². The highest BCUT2D eigenvalue weighted by Gasteiger charge is 2.29. The summed E-state index contributed by atoms with van der Waals surface area (Å²) in [5.74, 6) is -1.12. The van der Waals surface area contributed by atoms with E-state index in [1.54, 1.807) is 4.90 Å². The van der Waals surface area contributed by atoms with Gasteiger partial charge in [-0.1, -0.05) is 66.7 Å². The van der Waals surface area contributed by atoms with E-state index < -0.39 is 22.6 Å². The molecular weight excluding hydrogens is 500 g/mol. The second kappa shape index (κ2) is 10.8. The summed E-state index contributed by atoms with van der Waals surface area (Å²) in [6.45, 7) is 2.44. The molecule has 0 saturated heterocycles. The predicted molar refractivity (Wildman–Crippen MR) is 146 cm³/mol. The summed E-state index contributed by atoms with van der Waals surface area (Å²) in [4.78, 5) is 27.5. The van der Waals surface area contributed by atoms with Crippen molar-refractivity contribution in [3.8, 4) is 0 Å². The topological polar surface area (TPSA) is 84.0 Å². The monoisotopic (exact) mass is 528 g/mol. The number of ether oxygens (including phenoxy) is 1. The van der Waals surface area contributed by atoms with Gasteiger partial charge >= 0.3 is 5.97 Å². The van der Waals surface area contributed by atoms with Gasteiger partial charge in [-0.05, 0) is 54.1 Å². The van der Waals surface area contributed by atoms with Crippen LogP contribution in [-0.2, 0) is 32.5 Å². The first-order valence-corrected chi connectivity index (χ1v) is 13.9. The summed E-state index contributed by atoms with van der Waals surface area (Å²) in [6, 6.07) is 27.0. The second-order valence-electron chi connectivity index (χ2n) is 9.10. The van der Waals surface area contributed by atoms with Gasteiger partial charge in [0.1, 0.15) is 0 Å². The number of carbonyl (C=O) groups excluding carboxylic acids is 2. The Hall–Kier alpha value is -4.01. The lowest BCUT2D eigenvalue weighted by atomic mass is 10.0. The Bertz CT molecular complexity index is 1610. The molecule has 0 spiro atoms. The standard InChI is InChI=1S/C30H28N2O5S/c1-2-32(28-16-8-12-23-10-5-6-15-27(23)28)29(33)21-37-30(34)24-13-7-14-26(19-24)38(35,36)31-18-17-22-9-3-4-11-25(22)20-31/h3-16,19H,2,17-18,20-21H2,1H3. The van der Waals surface area contributed by atoms with E-state index in [4.69, 9.17) is 4.74 Å². The van der Waals surface area contributed by atoms with E-state index >= 15 is 0 Å². The molecule has 4 aromatic carbocycles. The summed E-state index contributed by atoms with van der Waals surface area (Å²) in [5.41, 5.74) is 2.93. The summed E-state index contributed by atoms with van der Waals surface area (Å²) >= 11 is 0. The van der Waals surface area contributed by atoms with Gasteiger partial charge in [0.2, 0.25) is 10.0 Å². The average molecular weight is 529 g/mol. The van der Waals surface area contributed by atoms with Gasteiger partial charge in [0, 0.05) is 25.0 Å². The maximum absolute atomic E-state index is 13.3. The number of sulfonamides is 1. The maximum Gasteiger partial charge on any atom is 0.338 e. The van der Waals surface area contributed by atoms with Crippen molar-refractivity contribution in [1.29, 1.82) is 0 Å². The lowest BCUT2D eigenvalue weighted by molar-refractivity contribution is -0.121. The fourth-order valence-corrected chi connectivity index (χ4v) is 6.29. The van der Waals surface area contributed by atoms with E-state index in [9.17, 15) is 18.0 Å². The number of fused-ring (bicyclic) bond motifs is 2. The van der Waals surface area contributed by atoms with Crippen molar-refractivity contribution in [2.24, 2.45) is 0 Å². The number of anilines is 1. The van der Waals surface area contributed by atoms with Crippen LogP contribution in [0.3, 0.4) is 0 Å². The van der Waals surface area contributed by atoms with Crippen molar-refractivity contribution < 1.29 is 22.7 Å². The van der Waals surface area contributed by atoms with Crippen molar-refractivity contribution in [2.75, 3.05) is 24.6 Å². The van der Waals surface area contributed by atoms with E-state index in [2.05, 4.69) is 0 Å². The van der Waals surface area contributed by atoms with Crippen LogP contribution in [0.5, 0.6) is 0 Å². The molecule has 0 aromatic heterocycles. The molecule has 0 unspecified atom stereocenters. The first-order valence-electron chi connectivity index (χ1n) is 12.5. The Kier molecular flexibility index (Phi) is 7.26. The van der Waals surface area contributed by atoms with Gasteiger partial charge in [-0.25, -0.2) is 13.2 Å². The third-order valence-corrected chi connectivity index (χ3v) is 8.65. The fourth-order valence-electron chi connectivity index (χ4n) is 4.82. The van der Waals surface area contributed by atoms with Crippen LogP contribution in [0.1, 0.15) is 28.4 Å². The molecule has 0 N–H and O–H groups in total. The molecule has 5 rings (SSSR count). The van der Waals surface area contributed by atoms with Crippen LogP contribution in [0, 0.1) is 0 Å². The number of esters is 1. The number of hydrogen-bond donors (Lipinski definition) is 0. The number of hydrogen-bond acceptors (Lipinski definition) is 5. The molecule has 194 valence electrons. The summed E-state index contributed by atoms with van der Waals surface area (Å²) < 4.78 is 33.4. The van der Waals surface area contributed by atoms with Gasteiger partial charge in [0.15, 0.2) is 6.61 Å². The molecule has 0 saturated carbocycles. The molecule has 1 aliphatic rings. The second-order valence-corrected chi connectivity index (χ2v) is 11.0. The Morgan fingerprint density at radius 1 is 0.895 bits per heavy atom. The molecule has 1 amide bonds. The number of rotatable bonds is 7. The third-order valence-electron chi connectivity index (χ3n) is 6.80. The van der Waals surface area contributed by atoms with E-state index in [0.29, 0.717) is 19.5 Å². The summed E-state index contributed by atoms with van der Waals surface area (Å²) in [6.07, 6.45) is 0.629. The minimum Gasteiger partial charge on any atom is -0.452 e. The highest BCUT2D eigenvalue weighted by molar-refractivity contribution is 7.89. The number of nitrogens with zero attached hydrogens (tertiary/aromatic N) is 2. The average Bonchev–Trinajstić information content (AvgIpc) is 2.96. The van der Waals surface area contributed by atoms with Gasteiger partial charge in [-0.15, -0.1) is 0 Å². The third kappa shape index (κ3) is 5.05. The molecule has 8 heteroatoms. The molecule has 1 aliphatic heterocycles. The zero-order valence-electron chi connectivity index (χ0n) is 21.0. The molecule has 7 nitrogen and oxygen atoms in total. The normalized spacial score (nSPS) is 13.6. The van der Waals surface area contributed by atoms with E-state index in [1.807, 2.05) is 73.7 Å². The van der Waals surface area contributed by atoms with Crippen LogP contribution in [0.25, 0.3) is 10.8 Å². The SMILES string of the molecule is CCN(C(=O)COC(=O)c1cccc(S(=O)(=O)N2CCc3ccccc3C2)c1)c1cccc2ccccc12. The minimum absolute atomic E-state index is 0.0172. The van der Waals surface area contributed by atoms with Crippen LogP contribution in [-0.4, -0.2) is 44.3 Å². The molecule has 0 radical (unpaired) electrons. The van der Waals surface area contributed by atoms with E-state index in [0.717, 1.165) is 27.6 Å². The van der Waals surface area contributed by atoms with Crippen LogP contribution in [0.2, 0.25) is 0 Å². The van der Waals surface area contributed by atoms with Gasteiger partial charge < -0.3 is 9.64 Å². The highest BCUT2D eigenvalue weighted by atomic mass is 32.2. The molecule has 4 aromatic rings. The van der Waals surface area contributed by atoms with E-state index in [-0.39, 0.29) is 22.9 Å². The van der Waals surface area contributed by atoms with Gasteiger partial charge in [-0.3, -0.25) is 4.79 Å². The molecule has 0 bridgehead atoms. The molecule has 1 heterocycles. The van der Waals surface area contributed by atoms with Crippen molar-refractivity contribution in [1.82, 2.24) is 4.31 Å². The molecular formula is C30H28N2O5S. The lowest BCUT2D eigenvalue weighted by Crippen LogP contribution is -2.36.